The lowest BCUT2D eigenvalue weighted by Gasteiger charge is -2.31. The summed E-state index contributed by atoms with van der Waals surface area (Å²) in [6, 6.07) is 9.18. The molecule has 6 heteroatoms. The Kier molecular flexibility index (Phi) is 5.55. The summed E-state index contributed by atoms with van der Waals surface area (Å²) >= 11 is 0. The molecular formula is C16H18O6. The molecule has 0 aromatic heterocycles. The number of esters is 2. The van der Waals surface area contributed by atoms with Crippen molar-refractivity contribution in [2.75, 3.05) is 6.61 Å². The van der Waals surface area contributed by atoms with Crippen LogP contribution in [0.15, 0.2) is 42.5 Å². The molecule has 2 rings (SSSR count). The predicted octanol–water partition coefficient (Wildman–Crippen LogP) is 1.84. The summed E-state index contributed by atoms with van der Waals surface area (Å²) in [5.74, 6) is -0.219. The molecule has 0 amide bonds. The standard InChI is InChI=1S/C16H18O6/c1-11(17)19-10-15-14(20-12(2)18)8-9-16(22-15)21-13-6-4-3-5-7-13/h3-9,14-16H,10H2,1-2H3. The summed E-state index contributed by atoms with van der Waals surface area (Å²) < 4.78 is 21.4. The molecule has 0 saturated heterocycles. The largest absolute Gasteiger partial charge is 0.463 e. The van der Waals surface area contributed by atoms with Crippen molar-refractivity contribution >= 4 is 11.9 Å². The van der Waals surface area contributed by atoms with Gasteiger partial charge in [0, 0.05) is 13.8 Å². The van der Waals surface area contributed by atoms with Gasteiger partial charge in [0.25, 0.3) is 0 Å². The molecule has 1 aromatic carbocycles. The number of hydrogen-bond acceptors (Lipinski definition) is 6. The van der Waals surface area contributed by atoms with E-state index >= 15 is 0 Å². The maximum Gasteiger partial charge on any atom is 0.303 e. The van der Waals surface area contributed by atoms with Gasteiger partial charge < -0.3 is 18.9 Å². The minimum absolute atomic E-state index is 0.0216. The molecule has 118 valence electrons. The fourth-order valence-electron chi connectivity index (χ4n) is 1.96. The lowest BCUT2D eigenvalue weighted by molar-refractivity contribution is -0.178. The fraction of sp³-hybridized carbons (Fsp3) is 0.375. The molecule has 3 atom stereocenters. The molecule has 1 heterocycles. The van der Waals surface area contributed by atoms with Crippen LogP contribution in [0.4, 0.5) is 0 Å². The molecule has 0 bridgehead atoms. The first kappa shape index (κ1) is 16.0. The minimum atomic E-state index is -0.644. The van der Waals surface area contributed by atoms with Crippen LogP contribution >= 0.6 is 0 Å². The molecule has 22 heavy (non-hydrogen) atoms. The zero-order valence-corrected chi connectivity index (χ0v) is 12.4. The third-order valence-electron chi connectivity index (χ3n) is 2.88. The van der Waals surface area contributed by atoms with Crippen molar-refractivity contribution in [3.05, 3.63) is 42.5 Å². The van der Waals surface area contributed by atoms with Crippen LogP contribution in [0.3, 0.4) is 0 Å². The number of para-hydroxylation sites is 1. The molecular weight excluding hydrogens is 288 g/mol. The lowest BCUT2D eigenvalue weighted by atomic mass is 10.1. The summed E-state index contributed by atoms with van der Waals surface area (Å²) in [6.45, 7) is 2.59. The Morgan fingerprint density at radius 3 is 2.45 bits per heavy atom. The Morgan fingerprint density at radius 1 is 1.09 bits per heavy atom. The van der Waals surface area contributed by atoms with Gasteiger partial charge in [-0.1, -0.05) is 18.2 Å². The van der Waals surface area contributed by atoms with Gasteiger partial charge in [-0.15, -0.1) is 0 Å². The van der Waals surface area contributed by atoms with Crippen molar-refractivity contribution in [3.8, 4) is 5.75 Å². The van der Waals surface area contributed by atoms with E-state index in [1.165, 1.54) is 13.8 Å². The second kappa shape index (κ2) is 7.61. The molecule has 0 radical (unpaired) electrons. The summed E-state index contributed by atoms with van der Waals surface area (Å²) in [4.78, 5) is 22.1. The van der Waals surface area contributed by atoms with Gasteiger partial charge in [0.2, 0.25) is 6.29 Å². The monoisotopic (exact) mass is 306 g/mol. The Hall–Kier alpha value is -2.34. The van der Waals surface area contributed by atoms with Crippen molar-refractivity contribution in [2.24, 2.45) is 0 Å². The van der Waals surface area contributed by atoms with E-state index in [2.05, 4.69) is 0 Å². The van der Waals surface area contributed by atoms with Gasteiger partial charge in [-0.05, 0) is 24.3 Å². The van der Waals surface area contributed by atoms with Gasteiger partial charge in [-0.3, -0.25) is 9.59 Å². The average Bonchev–Trinajstić information content (AvgIpc) is 2.48. The van der Waals surface area contributed by atoms with E-state index in [4.69, 9.17) is 18.9 Å². The highest BCUT2D eigenvalue weighted by Gasteiger charge is 2.31. The number of hydrogen-bond donors (Lipinski definition) is 0. The maximum absolute atomic E-state index is 11.1. The van der Waals surface area contributed by atoms with Crippen molar-refractivity contribution in [2.45, 2.75) is 32.3 Å². The van der Waals surface area contributed by atoms with E-state index in [0.717, 1.165) is 0 Å². The number of rotatable bonds is 5. The second-order valence-electron chi connectivity index (χ2n) is 4.74. The van der Waals surface area contributed by atoms with Gasteiger partial charge in [0.05, 0.1) is 0 Å². The highest BCUT2D eigenvalue weighted by molar-refractivity contribution is 5.66. The number of benzene rings is 1. The molecule has 0 N–H and O–H groups in total. The van der Waals surface area contributed by atoms with E-state index < -0.39 is 30.4 Å². The van der Waals surface area contributed by atoms with Crippen molar-refractivity contribution in [1.82, 2.24) is 0 Å². The summed E-state index contributed by atoms with van der Waals surface area (Å²) in [7, 11) is 0. The molecule has 0 aliphatic carbocycles. The SMILES string of the molecule is CC(=O)OCC1OC(Oc2ccccc2)C=CC1OC(C)=O. The Balaban J connectivity index is 2.02. The van der Waals surface area contributed by atoms with Gasteiger partial charge >= 0.3 is 11.9 Å². The third-order valence-corrected chi connectivity index (χ3v) is 2.88. The normalized spacial score (nSPS) is 23.6. The smallest absolute Gasteiger partial charge is 0.303 e. The first-order chi connectivity index (χ1) is 10.5. The van der Waals surface area contributed by atoms with Crippen molar-refractivity contribution < 1.29 is 28.5 Å². The van der Waals surface area contributed by atoms with Crippen molar-refractivity contribution in [1.29, 1.82) is 0 Å². The topological polar surface area (TPSA) is 71.1 Å². The molecule has 0 spiro atoms. The first-order valence-electron chi connectivity index (χ1n) is 6.90. The quantitative estimate of drug-likeness (QED) is 0.610. The highest BCUT2D eigenvalue weighted by Crippen LogP contribution is 2.20. The Morgan fingerprint density at radius 2 is 1.82 bits per heavy atom. The van der Waals surface area contributed by atoms with Crippen LogP contribution in [0.5, 0.6) is 5.75 Å². The third kappa shape index (κ3) is 4.89. The van der Waals surface area contributed by atoms with Crippen LogP contribution in [-0.4, -0.2) is 37.0 Å². The molecule has 1 aliphatic rings. The van der Waals surface area contributed by atoms with E-state index in [0.29, 0.717) is 5.75 Å². The summed E-state index contributed by atoms with van der Waals surface area (Å²) in [5.41, 5.74) is 0. The predicted molar refractivity (Wildman–Crippen MR) is 77.1 cm³/mol. The summed E-state index contributed by atoms with van der Waals surface area (Å²) in [5, 5.41) is 0. The van der Waals surface area contributed by atoms with E-state index in [9.17, 15) is 9.59 Å². The van der Waals surface area contributed by atoms with Crippen LogP contribution < -0.4 is 4.74 Å². The molecule has 3 unspecified atom stereocenters. The molecule has 6 nitrogen and oxygen atoms in total. The van der Waals surface area contributed by atoms with Gasteiger partial charge in [0.1, 0.15) is 24.6 Å². The first-order valence-corrected chi connectivity index (χ1v) is 6.90. The molecule has 1 aliphatic heterocycles. The maximum atomic E-state index is 11.1. The van der Waals surface area contributed by atoms with E-state index in [-0.39, 0.29) is 6.61 Å². The van der Waals surface area contributed by atoms with Gasteiger partial charge in [0.15, 0.2) is 0 Å². The number of carbonyl (C=O) groups is 2. The van der Waals surface area contributed by atoms with E-state index in [1.54, 1.807) is 24.3 Å². The number of ether oxygens (including phenoxy) is 4. The lowest BCUT2D eigenvalue weighted by Crippen LogP contribution is -2.42. The highest BCUT2D eigenvalue weighted by atomic mass is 16.7. The molecule has 0 fully saturated rings. The van der Waals surface area contributed by atoms with Gasteiger partial charge in [-0.2, -0.15) is 0 Å². The second-order valence-corrected chi connectivity index (χ2v) is 4.74. The van der Waals surface area contributed by atoms with Crippen LogP contribution in [-0.2, 0) is 23.8 Å². The van der Waals surface area contributed by atoms with Crippen LogP contribution in [0.25, 0.3) is 0 Å². The summed E-state index contributed by atoms with van der Waals surface area (Å²) in [6.07, 6.45) is 1.45. The van der Waals surface area contributed by atoms with Crippen LogP contribution in [0.2, 0.25) is 0 Å². The number of carbonyl (C=O) groups excluding carboxylic acids is 2. The average molecular weight is 306 g/mol. The zero-order chi connectivity index (χ0) is 15.9. The molecule has 0 saturated carbocycles. The van der Waals surface area contributed by atoms with Gasteiger partial charge in [-0.25, -0.2) is 0 Å². The Labute approximate surface area is 128 Å². The van der Waals surface area contributed by atoms with Crippen LogP contribution in [0, 0.1) is 0 Å². The fourth-order valence-corrected chi connectivity index (χ4v) is 1.96. The zero-order valence-electron chi connectivity index (χ0n) is 12.4. The van der Waals surface area contributed by atoms with E-state index in [1.807, 2.05) is 18.2 Å². The Bertz CT molecular complexity index is 539. The minimum Gasteiger partial charge on any atom is -0.463 e. The van der Waals surface area contributed by atoms with Crippen molar-refractivity contribution in [3.63, 3.8) is 0 Å². The molecule has 1 aromatic rings. The van der Waals surface area contributed by atoms with Crippen LogP contribution in [0.1, 0.15) is 13.8 Å².